The van der Waals surface area contributed by atoms with Gasteiger partial charge in [0.1, 0.15) is 0 Å². The molecule has 6 rings (SSSR count). The smallest absolute Gasteiger partial charge is 0.284 e. The number of rotatable bonds is 6. The Hall–Kier alpha value is -4.66. The fraction of sp³-hybridized carbons (Fsp3) is 0.108. The van der Waals surface area contributed by atoms with Crippen molar-refractivity contribution < 1.29 is 46.4 Å². The molecule has 47 heavy (non-hydrogen) atoms. The first-order valence-electron chi connectivity index (χ1n) is 13.9. The molecule has 6 aromatic rings. The van der Waals surface area contributed by atoms with E-state index in [9.17, 15) is 26.3 Å². The normalized spacial score (nSPS) is 11.2. The van der Waals surface area contributed by atoms with E-state index in [0.29, 0.717) is 29.2 Å². The molecule has 0 aliphatic rings. The van der Waals surface area contributed by atoms with Gasteiger partial charge in [-0.1, -0.05) is 18.2 Å². The van der Waals surface area contributed by atoms with Crippen LogP contribution in [0.15, 0.2) is 110 Å². The number of hydrogen-bond donors (Lipinski definition) is 0. The van der Waals surface area contributed by atoms with Crippen LogP contribution in [0.2, 0.25) is 0 Å². The molecule has 0 atom stereocenters. The third-order valence-corrected chi connectivity index (χ3v) is 7.61. The molecule has 0 saturated carbocycles. The van der Waals surface area contributed by atoms with E-state index in [2.05, 4.69) is 33.2 Å². The van der Waals surface area contributed by atoms with E-state index in [1.807, 2.05) is 19.1 Å². The summed E-state index contributed by atoms with van der Waals surface area (Å²) in [6.45, 7) is 3.32. The van der Waals surface area contributed by atoms with Crippen LogP contribution in [-0.2, 0) is 30.9 Å². The molecule has 238 valence electrons. The molecule has 10 heteroatoms. The van der Waals surface area contributed by atoms with Gasteiger partial charge in [-0.2, -0.15) is 18.2 Å². The first-order chi connectivity index (χ1) is 22.0. The van der Waals surface area contributed by atoms with Crippen LogP contribution in [0.5, 0.6) is 0 Å². The SMILES string of the molecule is CC(c1ccccn1)(c1[c-]cc(F)cc1F)c1[c-]cc(F)cc1F.CC(c1ccccn1)(c1ccccn1)c1[c-]cc(F)cc1F.[Ir+3]. The Morgan fingerprint density at radius 2 is 0.766 bits per heavy atom. The molecule has 0 amide bonds. The molecule has 0 saturated heterocycles. The summed E-state index contributed by atoms with van der Waals surface area (Å²) >= 11 is 0. The minimum Gasteiger partial charge on any atom is -0.284 e. The fourth-order valence-electron chi connectivity index (χ4n) is 5.23. The molecule has 0 unspecified atom stereocenters. The maximum absolute atomic E-state index is 14.4. The Kier molecular flexibility index (Phi) is 11.1. The van der Waals surface area contributed by atoms with Gasteiger partial charge in [-0.05, 0) is 50.2 Å². The molecule has 0 N–H and O–H groups in total. The first-order valence-corrected chi connectivity index (χ1v) is 13.9. The number of halogens is 6. The van der Waals surface area contributed by atoms with E-state index >= 15 is 0 Å². The Morgan fingerprint density at radius 1 is 0.468 bits per heavy atom. The van der Waals surface area contributed by atoms with Gasteiger partial charge in [0.05, 0.1) is 22.5 Å². The van der Waals surface area contributed by atoms with Gasteiger partial charge in [0.15, 0.2) is 0 Å². The Morgan fingerprint density at radius 3 is 1.04 bits per heavy atom. The van der Waals surface area contributed by atoms with Crippen molar-refractivity contribution in [2.75, 3.05) is 0 Å². The van der Waals surface area contributed by atoms with Gasteiger partial charge in [0, 0.05) is 58.9 Å². The predicted molar refractivity (Wildman–Crippen MR) is 159 cm³/mol. The summed E-state index contributed by atoms with van der Waals surface area (Å²) in [6, 6.07) is 28.7. The Balaban J connectivity index is 0.000000209. The molecule has 0 aliphatic carbocycles. The van der Waals surface area contributed by atoms with E-state index in [1.165, 1.54) is 13.1 Å². The number of pyridine rings is 3. The van der Waals surface area contributed by atoms with Crippen molar-refractivity contribution in [3.8, 4) is 0 Å². The molecule has 3 aromatic carbocycles. The van der Waals surface area contributed by atoms with E-state index in [1.54, 1.807) is 54.9 Å². The van der Waals surface area contributed by atoms with Gasteiger partial charge in [-0.25, -0.2) is 0 Å². The summed E-state index contributed by atoms with van der Waals surface area (Å²) in [5, 5.41) is 0. The summed E-state index contributed by atoms with van der Waals surface area (Å²) in [5.41, 5.74) is -0.878. The minimum atomic E-state index is -1.46. The number of nitrogens with zero attached hydrogens (tertiary/aromatic N) is 3. The van der Waals surface area contributed by atoms with E-state index in [0.717, 1.165) is 24.3 Å². The average Bonchev–Trinajstić information content (AvgIpc) is 3.05. The van der Waals surface area contributed by atoms with E-state index in [-0.39, 0.29) is 36.8 Å². The minimum absolute atomic E-state index is 0. The van der Waals surface area contributed by atoms with Crippen LogP contribution in [0.1, 0.15) is 47.6 Å². The van der Waals surface area contributed by atoms with Gasteiger partial charge in [-0.15, -0.1) is 53.1 Å². The third-order valence-electron chi connectivity index (χ3n) is 7.61. The second-order valence-electron chi connectivity index (χ2n) is 10.5. The molecular weight excluding hydrogens is 793 g/mol. The molecule has 0 aliphatic heterocycles. The number of benzene rings is 3. The molecule has 3 nitrogen and oxygen atoms in total. The molecule has 0 fully saturated rings. The van der Waals surface area contributed by atoms with Crippen molar-refractivity contribution in [3.05, 3.63) is 196 Å². The first kappa shape index (κ1) is 35.2. The number of aromatic nitrogens is 3. The maximum Gasteiger partial charge on any atom is 3.00 e. The van der Waals surface area contributed by atoms with Crippen LogP contribution in [0.4, 0.5) is 26.3 Å². The van der Waals surface area contributed by atoms with Gasteiger partial charge in [0.25, 0.3) is 0 Å². The number of hydrogen-bond acceptors (Lipinski definition) is 3. The summed E-state index contributed by atoms with van der Waals surface area (Å²) in [6.07, 6.45) is 4.74. The van der Waals surface area contributed by atoms with Crippen LogP contribution in [0.25, 0.3) is 0 Å². The zero-order valence-corrected chi connectivity index (χ0v) is 27.2. The van der Waals surface area contributed by atoms with Crippen LogP contribution >= 0.6 is 0 Å². The summed E-state index contributed by atoms with van der Waals surface area (Å²) in [7, 11) is 0. The molecule has 0 bridgehead atoms. The standard InChI is InChI=1S/C19H11F4N.C18H13F2N2.Ir/c1-19(18-4-2-3-9-24-18,14-7-5-12(20)10-16(14)22)15-8-6-13(21)11-17(15)23;1-18(16-6-2-4-10-21-16,17-7-3-5-11-22-17)14-9-8-13(19)12-15(14)20;/h2-6,9-11H,1H3;2-8,10-12H,1H3;/q-2;-1;+3. The topological polar surface area (TPSA) is 38.7 Å². The Labute approximate surface area is 281 Å². The van der Waals surface area contributed by atoms with Gasteiger partial charge in [-0.3, -0.25) is 41.3 Å². The van der Waals surface area contributed by atoms with Crippen molar-refractivity contribution in [3.63, 3.8) is 0 Å². The zero-order chi connectivity index (χ0) is 32.9. The second-order valence-corrected chi connectivity index (χ2v) is 10.5. The van der Waals surface area contributed by atoms with Gasteiger partial charge in [0.2, 0.25) is 0 Å². The van der Waals surface area contributed by atoms with Gasteiger partial charge < -0.3 is 0 Å². The third kappa shape index (κ3) is 7.19. The molecule has 0 spiro atoms. The monoisotopic (exact) mass is 817 g/mol. The van der Waals surface area contributed by atoms with Crippen molar-refractivity contribution in [2.24, 2.45) is 0 Å². The van der Waals surface area contributed by atoms with E-state index in [4.69, 9.17) is 0 Å². The molecular formula is C37H24F6IrN3. The largest absolute Gasteiger partial charge is 3.00 e. The van der Waals surface area contributed by atoms with Crippen LogP contribution in [0.3, 0.4) is 0 Å². The van der Waals surface area contributed by atoms with Crippen molar-refractivity contribution in [2.45, 2.75) is 24.7 Å². The molecule has 3 heterocycles. The maximum atomic E-state index is 14.4. The summed E-state index contributed by atoms with van der Waals surface area (Å²) < 4.78 is 83.0. The Bertz CT molecular complexity index is 1850. The van der Waals surface area contributed by atoms with Crippen molar-refractivity contribution >= 4 is 0 Å². The predicted octanol–water partition coefficient (Wildman–Crippen LogP) is 8.50. The van der Waals surface area contributed by atoms with Crippen molar-refractivity contribution in [1.29, 1.82) is 0 Å². The van der Waals surface area contributed by atoms with E-state index < -0.39 is 45.7 Å². The van der Waals surface area contributed by atoms with Crippen LogP contribution < -0.4 is 0 Å². The fourth-order valence-corrected chi connectivity index (χ4v) is 5.23. The van der Waals surface area contributed by atoms with Crippen molar-refractivity contribution in [1.82, 2.24) is 15.0 Å². The summed E-state index contributed by atoms with van der Waals surface area (Å²) in [4.78, 5) is 12.9. The van der Waals surface area contributed by atoms with Gasteiger partial charge >= 0.3 is 20.1 Å². The van der Waals surface area contributed by atoms with Crippen LogP contribution in [0, 0.1) is 53.1 Å². The van der Waals surface area contributed by atoms with Crippen LogP contribution in [-0.4, -0.2) is 15.0 Å². The average molecular weight is 817 g/mol. The molecule has 3 aromatic heterocycles. The second kappa shape index (κ2) is 14.8. The zero-order valence-electron chi connectivity index (χ0n) is 24.8. The summed E-state index contributed by atoms with van der Waals surface area (Å²) in [5.74, 6) is -4.74. The molecule has 0 radical (unpaired) electrons. The quantitative estimate of drug-likeness (QED) is 0.125.